The van der Waals surface area contributed by atoms with E-state index < -0.39 is 11.8 Å². The van der Waals surface area contributed by atoms with Crippen LogP contribution in [0.4, 0.5) is 5.69 Å². The summed E-state index contributed by atoms with van der Waals surface area (Å²) >= 11 is 0. The largest absolute Gasteiger partial charge is 0.504 e. The molecule has 0 aliphatic rings. The number of hydrogen-bond acceptors (Lipinski definition) is 5. The minimum absolute atomic E-state index is 0.0153. The van der Waals surface area contributed by atoms with Crippen LogP contribution in [0.25, 0.3) is 0 Å². The second kappa shape index (κ2) is 9.22. The maximum atomic E-state index is 11.8. The van der Waals surface area contributed by atoms with Gasteiger partial charge in [0.25, 0.3) is 0 Å². The van der Waals surface area contributed by atoms with Crippen molar-refractivity contribution in [2.24, 2.45) is 5.10 Å². The van der Waals surface area contributed by atoms with Crippen molar-refractivity contribution in [3.63, 3.8) is 0 Å². The topological polar surface area (TPSA) is 100 Å². The summed E-state index contributed by atoms with van der Waals surface area (Å²) in [6, 6.07) is 11.9. The number of rotatable bonds is 6. The molecule has 7 heteroatoms. The van der Waals surface area contributed by atoms with Gasteiger partial charge < -0.3 is 15.2 Å². The van der Waals surface area contributed by atoms with Gasteiger partial charge in [0.05, 0.1) is 12.8 Å². The van der Waals surface area contributed by atoms with Crippen molar-refractivity contribution in [2.45, 2.75) is 20.3 Å². The molecular weight excluding hydrogens is 334 g/mol. The number of carbonyl (C=O) groups excluding carboxylic acids is 2. The molecule has 0 aromatic heterocycles. The highest BCUT2D eigenvalue weighted by Gasteiger charge is 2.12. The third-order valence-corrected chi connectivity index (χ3v) is 3.49. The van der Waals surface area contributed by atoms with Crippen LogP contribution in [0.15, 0.2) is 47.6 Å². The monoisotopic (exact) mass is 355 g/mol. The summed E-state index contributed by atoms with van der Waals surface area (Å²) < 4.78 is 5.26. The van der Waals surface area contributed by atoms with Gasteiger partial charge in [-0.05, 0) is 54.8 Å². The van der Waals surface area contributed by atoms with Gasteiger partial charge in [-0.3, -0.25) is 9.59 Å². The molecule has 7 nitrogen and oxygen atoms in total. The van der Waals surface area contributed by atoms with Gasteiger partial charge in [-0.2, -0.15) is 5.10 Å². The molecule has 0 aliphatic carbocycles. The van der Waals surface area contributed by atoms with Gasteiger partial charge >= 0.3 is 11.8 Å². The molecule has 2 aromatic carbocycles. The van der Waals surface area contributed by atoms with E-state index in [1.165, 1.54) is 12.3 Å². The number of anilines is 1. The highest BCUT2D eigenvalue weighted by atomic mass is 16.5. The second-order valence-corrected chi connectivity index (χ2v) is 5.36. The molecule has 0 atom stereocenters. The minimum Gasteiger partial charge on any atom is -0.504 e. The van der Waals surface area contributed by atoms with Crippen molar-refractivity contribution >= 4 is 23.7 Å². The third kappa shape index (κ3) is 5.34. The molecule has 0 bridgehead atoms. The van der Waals surface area contributed by atoms with Crippen molar-refractivity contribution < 1.29 is 19.4 Å². The van der Waals surface area contributed by atoms with Crippen LogP contribution in [0.3, 0.4) is 0 Å². The number of phenols is 1. The summed E-state index contributed by atoms with van der Waals surface area (Å²) in [5.74, 6) is -1.37. The molecule has 0 spiro atoms. The standard InChI is InChI=1S/C19H21N3O4/c1-3-13-5-8-15(9-6-13)21-18(24)19(25)22-20-12-14-7-10-16(23)17(11-14)26-4-2/h5-12,23H,3-4H2,1-2H3,(H,21,24)(H,22,25)/b20-12-. The highest BCUT2D eigenvalue weighted by Crippen LogP contribution is 2.26. The van der Waals surface area contributed by atoms with Crippen LogP contribution < -0.4 is 15.5 Å². The Kier molecular flexibility index (Phi) is 6.73. The van der Waals surface area contributed by atoms with E-state index in [4.69, 9.17) is 4.74 Å². The zero-order valence-corrected chi connectivity index (χ0v) is 14.7. The lowest BCUT2D eigenvalue weighted by atomic mass is 10.1. The predicted octanol–water partition coefficient (Wildman–Crippen LogP) is 2.44. The summed E-state index contributed by atoms with van der Waals surface area (Å²) in [5.41, 5.74) is 4.42. The van der Waals surface area contributed by atoms with E-state index in [1.54, 1.807) is 31.2 Å². The van der Waals surface area contributed by atoms with Crippen LogP contribution in [-0.4, -0.2) is 29.7 Å². The van der Waals surface area contributed by atoms with E-state index >= 15 is 0 Å². The van der Waals surface area contributed by atoms with Crippen LogP contribution in [0.1, 0.15) is 25.0 Å². The first-order valence-electron chi connectivity index (χ1n) is 8.22. The molecule has 0 fully saturated rings. The SMILES string of the molecule is CCOc1cc(/C=N\NC(=O)C(=O)Nc2ccc(CC)cc2)ccc1O. The number of ether oxygens (including phenoxy) is 1. The molecule has 136 valence electrons. The van der Waals surface area contributed by atoms with E-state index in [1.807, 2.05) is 19.1 Å². The summed E-state index contributed by atoms with van der Waals surface area (Å²) in [5, 5.41) is 15.9. The van der Waals surface area contributed by atoms with Crippen LogP contribution in [0, 0.1) is 0 Å². The molecule has 2 amide bonds. The lowest BCUT2D eigenvalue weighted by Crippen LogP contribution is -2.32. The Labute approximate surface area is 151 Å². The Hall–Kier alpha value is -3.35. The number of nitrogens with one attached hydrogen (secondary N) is 2. The summed E-state index contributed by atoms with van der Waals surface area (Å²) in [6.07, 6.45) is 2.24. The molecule has 0 saturated carbocycles. The van der Waals surface area contributed by atoms with Gasteiger partial charge in [0.1, 0.15) is 0 Å². The normalized spacial score (nSPS) is 10.5. The maximum Gasteiger partial charge on any atom is 0.329 e. The van der Waals surface area contributed by atoms with Crippen LogP contribution in [0.5, 0.6) is 11.5 Å². The third-order valence-electron chi connectivity index (χ3n) is 3.49. The average Bonchev–Trinajstić information content (AvgIpc) is 2.65. The fraction of sp³-hybridized carbons (Fsp3) is 0.211. The Morgan fingerprint density at radius 2 is 1.85 bits per heavy atom. The van der Waals surface area contributed by atoms with E-state index in [0.29, 0.717) is 23.6 Å². The number of benzene rings is 2. The van der Waals surface area contributed by atoms with E-state index in [-0.39, 0.29) is 5.75 Å². The highest BCUT2D eigenvalue weighted by molar-refractivity contribution is 6.39. The number of aryl methyl sites for hydroxylation is 1. The van der Waals surface area contributed by atoms with Crippen molar-refractivity contribution in [3.05, 3.63) is 53.6 Å². The first kappa shape index (κ1) is 19.0. The Bertz CT molecular complexity index is 801. The zero-order valence-electron chi connectivity index (χ0n) is 14.7. The summed E-state index contributed by atoms with van der Waals surface area (Å²) in [4.78, 5) is 23.6. The van der Waals surface area contributed by atoms with Gasteiger partial charge in [-0.25, -0.2) is 5.43 Å². The maximum absolute atomic E-state index is 11.8. The lowest BCUT2D eigenvalue weighted by molar-refractivity contribution is -0.136. The van der Waals surface area contributed by atoms with Gasteiger partial charge in [-0.15, -0.1) is 0 Å². The van der Waals surface area contributed by atoms with Crippen molar-refractivity contribution in [1.82, 2.24) is 5.43 Å². The number of aromatic hydroxyl groups is 1. The lowest BCUT2D eigenvalue weighted by Gasteiger charge is -2.06. The smallest absolute Gasteiger partial charge is 0.329 e. The molecule has 0 saturated heterocycles. The zero-order chi connectivity index (χ0) is 18.9. The summed E-state index contributed by atoms with van der Waals surface area (Å²) in [7, 11) is 0. The second-order valence-electron chi connectivity index (χ2n) is 5.36. The van der Waals surface area contributed by atoms with Gasteiger partial charge in [0.15, 0.2) is 11.5 Å². The number of amides is 2. The fourth-order valence-corrected chi connectivity index (χ4v) is 2.11. The van der Waals surface area contributed by atoms with Gasteiger partial charge in [0.2, 0.25) is 0 Å². The number of phenolic OH excluding ortho intramolecular Hbond substituents is 1. The van der Waals surface area contributed by atoms with Crippen molar-refractivity contribution in [2.75, 3.05) is 11.9 Å². The Morgan fingerprint density at radius 3 is 2.50 bits per heavy atom. The Balaban J connectivity index is 1.91. The number of carbonyl (C=O) groups is 2. The van der Waals surface area contributed by atoms with E-state index in [2.05, 4.69) is 15.8 Å². The van der Waals surface area contributed by atoms with Crippen LogP contribution >= 0.6 is 0 Å². The minimum atomic E-state index is -0.885. The molecule has 2 aromatic rings. The number of hydrogen-bond donors (Lipinski definition) is 3. The van der Waals surface area contributed by atoms with Gasteiger partial charge in [-0.1, -0.05) is 19.1 Å². The number of hydrazone groups is 1. The van der Waals surface area contributed by atoms with E-state index in [0.717, 1.165) is 12.0 Å². The van der Waals surface area contributed by atoms with Crippen LogP contribution in [0.2, 0.25) is 0 Å². The van der Waals surface area contributed by atoms with Gasteiger partial charge in [0, 0.05) is 5.69 Å². The predicted molar refractivity (Wildman–Crippen MR) is 99.5 cm³/mol. The molecule has 26 heavy (non-hydrogen) atoms. The van der Waals surface area contributed by atoms with Crippen molar-refractivity contribution in [3.8, 4) is 11.5 Å². The molecule has 3 N–H and O–H groups in total. The first-order chi connectivity index (χ1) is 12.5. The molecular formula is C19H21N3O4. The fourth-order valence-electron chi connectivity index (χ4n) is 2.11. The molecule has 2 rings (SSSR count). The first-order valence-corrected chi connectivity index (χ1v) is 8.22. The number of nitrogens with zero attached hydrogens (tertiary/aromatic N) is 1. The quantitative estimate of drug-likeness (QED) is 0.421. The molecule has 0 unspecified atom stereocenters. The van der Waals surface area contributed by atoms with Crippen molar-refractivity contribution in [1.29, 1.82) is 0 Å². The molecule has 0 aliphatic heterocycles. The molecule has 0 heterocycles. The summed E-state index contributed by atoms with van der Waals surface area (Å²) in [6.45, 7) is 4.24. The van der Waals surface area contributed by atoms with E-state index in [9.17, 15) is 14.7 Å². The average molecular weight is 355 g/mol. The Morgan fingerprint density at radius 1 is 1.12 bits per heavy atom. The molecule has 0 radical (unpaired) electrons. The van der Waals surface area contributed by atoms with Crippen LogP contribution in [-0.2, 0) is 16.0 Å².